The molecule has 4 aromatic rings. The van der Waals surface area contributed by atoms with Crippen molar-refractivity contribution in [2.24, 2.45) is 0 Å². The standard InChI is InChI=1S/C24H24N6O5S2/c1-14-11-22(26-15(2)25-14)30-37(32,33)18-8-5-16(6-9-18)27-23(31)19-13-36-24(29-19)28-17-7-10-20(34-3)21(12-17)35-4/h5-13H,1-4H3,(H,27,31)(H,28,29)(H,25,26,30). The van der Waals surface area contributed by atoms with Gasteiger partial charge in [0.25, 0.3) is 15.9 Å². The molecule has 0 aliphatic carbocycles. The van der Waals surface area contributed by atoms with E-state index in [0.29, 0.717) is 33.8 Å². The van der Waals surface area contributed by atoms with E-state index in [2.05, 4.69) is 30.3 Å². The molecule has 0 aliphatic heterocycles. The summed E-state index contributed by atoms with van der Waals surface area (Å²) in [5.74, 6) is 1.37. The molecule has 11 nitrogen and oxygen atoms in total. The molecule has 0 unspecified atom stereocenters. The second-order valence-corrected chi connectivity index (χ2v) is 10.3. The van der Waals surface area contributed by atoms with Crippen molar-refractivity contribution in [3.63, 3.8) is 0 Å². The fourth-order valence-corrected chi connectivity index (χ4v) is 5.05. The average Bonchev–Trinajstić information content (AvgIpc) is 3.32. The average molecular weight is 541 g/mol. The topological polar surface area (TPSA) is 144 Å². The third kappa shape index (κ3) is 6.32. The smallest absolute Gasteiger partial charge is 0.275 e. The van der Waals surface area contributed by atoms with Crippen LogP contribution in [0.4, 0.5) is 22.3 Å². The van der Waals surface area contributed by atoms with Crippen molar-refractivity contribution in [3.8, 4) is 11.5 Å². The van der Waals surface area contributed by atoms with Crippen LogP contribution < -0.4 is 24.8 Å². The summed E-state index contributed by atoms with van der Waals surface area (Å²) in [7, 11) is -0.764. The molecule has 0 spiro atoms. The van der Waals surface area contributed by atoms with Crippen LogP contribution in [-0.2, 0) is 10.0 Å². The molecule has 37 heavy (non-hydrogen) atoms. The molecule has 3 N–H and O–H groups in total. The lowest BCUT2D eigenvalue weighted by Gasteiger charge is -2.10. The summed E-state index contributed by atoms with van der Waals surface area (Å²) in [6, 6.07) is 12.7. The predicted octanol–water partition coefficient (Wildman–Crippen LogP) is 4.36. The van der Waals surface area contributed by atoms with E-state index in [1.807, 2.05) is 0 Å². The first-order chi connectivity index (χ1) is 17.7. The Morgan fingerprint density at radius 3 is 2.27 bits per heavy atom. The molecule has 2 heterocycles. The Morgan fingerprint density at radius 2 is 1.59 bits per heavy atom. The molecule has 13 heteroatoms. The minimum Gasteiger partial charge on any atom is -0.493 e. The summed E-state index contributed by atoms with van der Waals surface area (Å²) in [4.78, 5) is 25.3. The molecular formula is C24H24N6O5S2. The molecule has 0 saturated carbocycles. The minimum atomic E-state index is -3.87. The third-order valence-electron chi connectivity index (χ3n) is 5.00. The molecule has 0 aliphatic rings. The van der Waals surface area contributed by atoms with Crippen molar-refractivity contribution >= 4 is 49.6 Å². The van der Waals surface area contributed by atoms with Crippen LogP contribution in [0.15, 0.2) is 58.8 Å². The molecule has 2 aromatic heterocycles. The number of nitrogens with one attached hydrogen (secondary N) is 3. The Morgan fingerprint density at radius 1 is 0.892 bits per heavy atom. The van der Waals surface area contributed by atoms with E-state index >= 15 is 0 Å². The zero-order chi connectivity index (χ0) is 26.6. The number of hydrogen-bond donors (Lipinski definition) is 3. The van der Waals surface area contributed by atoms with Crippen LogP contribution in [0.5, 0.6) is 11.5 Å². The maximum absolute atomic E-state index is 12.7. The maximum Gasteiger partial charge on any atom is 0.275 e. The van der Waals surface area contributed by atoms with E-state index in [-0.39, 0.29) is 16.4 Å². The van der Waals surface area contributed by atoms with E-state index in [1.165, 1.54) is 35.6 Å². The SMILES string of the molecule is COc1ccc(Nc2nc(C(=O)Nc3ccc(S(=O)(=O)Nc4cc(C)nc(C)n4)cc3)cs2)cc1OC. The van der Waals surface area contributed by atoms with E-state index in [0.717, 1.165) is 5.69 Å². The van der Waals surface area contributed by atoms with Crippen LogP contribution in [-0.4, -0.2) is 43.5 Å². The van der Waals surface area contributed by atoms with Crippen LogP contribution in [0, 0.1) is 13.8 Å². The van der Waals surface area contributed by atoms with E-state index in [9.17, 15) is 13.2 Å². The van der Waals surface area contributed by atoms with E-state index in [1.54, 1.807) is 57.7 Å². The fraction of sp³-hybridized carbons (Fsp3) is 0.167. The maximum atomic E-state index is 12.7. The van der Waals surface area contributed by atoms with Crippen LogP contribution in [0.25, 0.3) is 0 Å². The van der Waals surface area contributed by atoms with E-state index in [4.69, 9.17) is 9.47 Å². The quantitative estimate of drug-likeness (QED) is 0.282. The van der Waals surface area contributed by atoms with Crippen LogP contribution >= 0.6 is 11.3 Å². The number of aromatic nitrogens is 3. The first kappa shape index (κ1) is 25.9. The summed E-state index contributed by atoms with van der Waals surface area (Å²) in [6.45, 7) is 3.43. The summed E-state index contributed by atoms with van der Waals surface area (Å²) in [6.07, 6.45) is 0. The molecule has 1 amide bonds. The van der Waals surface area contributed by atoms with Gasteiger partial charge in [-0.25, -0.2) is 23.4 Å². The molecule has 0 atom stereocenters. The fourth-order valence-electron chi connectivity index (χ4n) is 3.35. The normalized spacial score (nSPS) is 11.0. The zero-order valence-corrected chi connectivity index (χ0v) is 22.0. The first-order valence-electron chi connectivity index (χ1n) is 10.9. The van der Waals surface area contributed by atoms with Crippen molar-refractivity contribution in [3.05, 3.63) is 71.1 Å². The van der Waals surface area contributed by atoms with Crippen molar-refractivity contribution in [2.45, 2.75) is 18.7 Å². The number of hydrogen-bond acceptors (Lipinski definition) is 10. The number of methoxy groups -OCH3 is 2. The van der Waals surface area contributed by atoms with Gasteiger partial charge in [-0.3, -0.25) is 9.52 Å². The number of ether oxygens (including phenoxy) is 2. The highest BCUT2D eigenvalue weighted by molar-refractivity contribution is 7.92. The van der Waals surface area contributed by atoms with Crippen molar-refractivity contribution in [2.75, 3.05) is 29.6 Å². The van der Waals surface area contributed by atoms with Crippen LogP contribution in [0.3, 0.4) is 0 Å². The van der Waals surface area contributed by atoms with Gasteiger partial charge in [0.1, 0.15) is 17.3 Å². The molecule has 0 bridgehead atoms. The molecule has 0 radical (unpaired) electrons. The number of benzene rings is 2. The largest absolute Gasteiger partial charge is 0.493 e. The van der Waals surface area contributed by atoms with Gasteiger partial charge in [-0.15, -0.1) is 11.3 Å². The number of carbonyl (C=O) groups is 1. The molecular weight excluding hydrogens is 516 g/mol. The van der Waals surface area contributed by atoms with Gasteiger partial charge in [0.2, 0.25) is 0 Å². The van der Waals surface area contributed by atoms with E-state index < -0.39 is 15.9 Å². The third-order valence-corrected chi connectivity index (χ3v) is 7.13. The number of carbonyl (C=O) groups excluding carboxylic acids is 1. The van der Waals surface area contributed by atoms with Crippen molar-refractivity contribution in [1.82, 2.24) is 15.0 Å². The Labute approximate surface area is 218 Å². The molecule has 192 valence electrons. The Bertz CT molecular complexity index is 1520. The summed E-state index contributed by atoms with van der Waals surface area (Å²) in [5, 5.41) is 7.98. The summed E-state index contributed by atoms with van der Waals surface area (Å²) >= 11 is 1.26. The Kier molecular flexibility index (Phi) is 7.55. The zero-order valence-electron chi connectivity index (χ0n) is 20.4. The number of amides is 1. The highest BCUT2D eigenvalue weighted by Gasteiger charge is 2.17. The second kappa shape index (κ2) is 10.8. The highest BCUT2D eigenvalue weighted by atomic mass is 32.2. The van der Waals surface area contributed by atoms with Gasteiger partial charge in [-0.05, 0) is 50.2 Å². The summed E-state index contributed by atoms with van der Waals surface area (Å²) < 4.78 is 38.4. The Hall–Kier alpha value is -4.23. The Balaban J connectivity index is 1.40. The van der Waals surface area contributed by atoms with Gasteiger partial charge in [0.05, 0.1) is 19.1 Å². The first-order valence-corrected chi connectivity index (χ1v) is 13.2. The van der Waals surface area contributed by atoms with Gasteiger partial charge in [0.15, 0.2) is 16.6 Å². The summed E-state index contributed by atoms with van der Waals surface area (Å²) in [5.41, 5.74) is 1.99. The van der Waals surface area contributed by atoms with Gasteiger partial charge in [-0.1, -0.05) is 0 Å². The van der Waals surface area contributed by atoms with Crippen LogP contribution in [0.2, 0.25) is 0 Å². The van der Waals surface area contributed by atoms with Crippen molar-refractivity contribution < 1.29 is 22.7 Å². The number of thiazole rings is 1. The number of anilines is 4. The van der Waals surface area contributed by atoms with Gasteiger partial charge < -0.3 is 20.1 Å². The number of nitrogens with zero attached hydrogens (tertiary/aromatic N) is 3. The number of rotatable bonds is 9. The number of aryl methyl sites for hydroxylation is 2. The molecule has 4 rings (SSSR count). The number of sulfonamides is 1. The van der Waals surface area contributed by atoms with Gasteiger partial charge >= 0.3 is 0 Å². The highest BCUT2D eigenvalue weighted by Crippen LogP contribution is 2.31. The van der Waals surface area contributed by atoms with Gasteiger partial charge in [-0.2, -0.15) is 0 Å². The van der Waals surface area contributed by atoms with Gasteiger partial charge in [0, 0.05) is 34.6 Å². The molecule has 0 fully saturated rings. The monoisotopic (exact) mass is 540 g/mol. The predicted molar refractivity (Wildman–Crippen MR) is 142 cm³/mol. The lowest BCUT2D eigenvalue weighted by Crippen LogP contribution is -2.15. The molecule has 0 saturated heterocycles. The van der Waals surface area contributed by atoms with Crippen molar-refractivity contribution in [1.29, 1.82) is 0 Å². The second-order valence-electron chi connectivity index (χ2n) is 7.76. The van der Waals surface area contributed by atoms with Crippen LogP contribution in [0.1, 0.15) is 22.0 Å². The minimum absolute atomic E-state index is 0.0227. The lowest BCUT2D eigenvalue weighted by atomic mass is 10.3. The molecule has 2 aromatic carbocycles. The lowest BCUT2D eigenvalue weighted by molar-refractivity contribution is 0.102.